The maximum atomic E-state index is 13.8. The highest BCUT2D eigenvalue weighted by molar-refractivity contribution is 6.33. The normalized spacial score (nSPS) is 23.5. The van der Waals surface area contributed by atoms with E-state index >= 15 is 0 Å². The summed E-state index contributed by atoms with van der Waals surface area (Å²) < 4.78 is 119. The molecule has 0 radical (unpaired) electrons. The fourth-order valence-electron chi connectivity index (χ4n) is 6.85. The van der Waals surface area contributed by atoms with Crippen molar-refractivity contribution in [2.24, 2.45) is 5.92 Å². The van der Waals surface area contributed by atoms with Gasteiger partial charge >= 0.3 is 24.4 Å². The standard InChI is InChI=1S/C34H31ClF8N4O4/c1-17-28(21-9-22(33(38,39)40)12-23(10-21)34(41,42)43)51-31(49)47(17)14-27-25(13-44-30(45-27)46-15-32(36,37)16-46)24-11-20(7-8-26(24)35)18-3-5-19(6-4-18)29(48)50-2/h7-13,17-19,28H,3-6,14-16H2,1-2H3/t17-,18?,19?,28-/m0/s1. The minimum atomic E-state index is -5.12. The van der Waals surface area contributed by atoms with E-state index in [1.165, 1.54) is 25.1 Å². The fourth-order valence-corrected chi connectivity index (χ4v) is 7.07. The van der Waals surface area contributed by atoms with Crippen LogP contribution in [0.3, 0.4) is 0 Å². The van der Waals surface area contributed by atoms with Gasteiger partial charge in [-0.05, 0) is 80.0 Å². The van der Waals surface area contributed by atoms with Crippen LogP contribution >= 0.6 is 11.6 Å². The van der Waals surface area contributed by atoms with E-state index in [1.54, 1.807) is 6.07 Å². The highest BCUT2D eigenvalue weighted by atomic mass is 35.5. The van der Waals surface area contributed by atoms with Gasteiger partial charge in [-0.15, -0.1) is 0 Å². The molecule has 1 saturated carbocycles. The highest BCUT2D eigenvalue weighted by Crippen LogP contribution is 2.43. The average molecular weight is 747 g/mol. The van der Waals surface area contributed by atoms with Gasteiger partial charge in [0.1, 0.15) is 6.10 Å². The minimum absolute atomic E-state index is 0.0145. The molecule has 3 heterocycles. The van der Waals surface area contributed by atoms with E-state index in [1.807, 2.05) is 12.1 Å². The van der Waals surface area contributed by atoms with E-state index in [0.29, 0.717) is 48.9 Å². The number of halogens is 9. The van der Waals surface area contributed by atoms with Gasteiger partial charge in [0.25, 0.3) is 5.92 Å². The molecule has 1 aliphatic carbocycles. The van der Waals surface area contributed by atoms with Gasteiger partial charge < -0.3 is 14.4 Å². The SMILES string of the molecule is COC(=O)C1CCC(c2ccc(Cl)c(-c3cnc(N4CC(F)(F)C4)nc3CN3C(=O)O[C@H](c4cc(C(F)(F)F)cc(C(F)(F)F)c4)[C@@H]3C)c2)CC1. The number of ether oxygens (including phenoxy) is 2. The number of amides is 1. The number of rotatable bonds is 7. The molecule has 2 atom stereocenters. The van der Waals surface area contributed by atoms with Gasteiger partial charge in [0.15, 0.2) is 0 Å². The Kier molecular flexibility index (Phi) is 9.61. The number of esters is 1. The second kappa shape index (κ2) is 13.4. The quantitative estimate of drug-likeness (QED) is 0.177. The topological polar surface area (TPSA) is 84.9 Å². The van der Waals surface area contributed by atoms with E-state index < -0.39 is 66.3 Å². The number of carbonyl (C=O) groups excluding carboxylic acids is 2. The first-order valence-electron chi connectivity index (χ1n) is 16.0. The maximum Gasteiger partial charge on any atom is 0.416 e. The zero-order valence-electron chi connectivity index (χ0n) is 27.1. The number of cyclic esters (lactones) is 1. The Morgan fingerprint density at radius 1 is 0.961 bits per heavy atom. The van der Waals surface area contributed by atoms with Crippen molar-refractivity contribution in [1.29, 1.82) is 0 Å². The minimum Gasteiger partial charge on any atom is -0.469 e. The number of hydrogen-bond acceptors (Lipinski definition) is 7. The van der Waals surface area contributed by atoms with Crippen LogP contribution < -0.4 is 4.90 Å². The average Bonchev–Trinajstić information content (AvgIpc) is 3.34. The Hall–Kier alpha value is -4.21. The lowest BCUT2D eigenvalue weighted by Gasteiger charge is -2.38. The first-order chi connectivity index (χ1) is 23.8. The smallest absolute Gasteiger partial charge is 0.416 e. The summed E-state index contributed by atoms with van der Waals surface area (Å²) in [5.74, 6) is -3.44. The summed E-state index contributed by atoms with van der Waals surface area (Å²) >= 11 is 6.67. The molecule has 2 saturated heterocycles. The highest BCUT2D eigenvalue weighted by Gasteiger charge is 2.46. The molecule has 0 spiro atoms. The summed E-state index contributed by atoms with van der Waals surface area (Å²) in [5.41, 5.74) is -1.83. The largest absolute Gasteiger partial charge is 0.469 e. The number of carbonyl (C=O) groups is 2. The van der Waals surface area contributed by atoms with Crippen molar-refractivity contribution in [3.63, 3.8) is 0 Å². The molecular weight excluding hydrogens is 716 g/mol. The Bertz CT molecular complexity index is 1790. The molecule has 6 rings (SSSR count). The summed E-state index contributed by atoms with van der Waals surface area (Å²) in [5, 5.41) is 0.272. The number of methoxy groups -OCH3 is 1. The lowest BCUT2D eigenvalue weighted by molar-refractivity contribution is -0.147. The van der Waals surface area contributed by atoms with E-state index in [9.17, 15) is 44.7 Å². The third kappa shape index (κ3) is 7.56. The number of benzene rings is 2. The van der Waals surface area contributed by atoms with Crippen molar-refractivity contribution in [3.05, 3.63) is 75.6 Å². The van der Waals surface area contributed by atoms with Crippen LogP contribution in [-0.4, -0.2) is 59.1 Å². The molecule has 51 heavy (non-hydrogen) atoms. The number of alkyl halides is 8. The predicted octanol–water partition coefficient (Wildman–Crippen LogP) is 8.82. The molecule has 3 aromatic rings. The van der Waals surface area contributed by atoms with Crippen molar-refractivity contribution >= 4 is 29.6 Å². The van der Waals surface area contributed by atoms with Crippen molar-refractivity contribution in [1.82, 2.24) is 14.9 Å². The lowest BCUT2D eigenvalue weighted by Crippen LogP contribution is -2.57. The molecule has 0 bridgehead atoms. The molecule has 17 heteroatoms. The van der Waals surface area contributed by atoms with Crippen LogP contribution in [0, 0.1) is 5.92 Å². The van der Waals surface area contributed by atoms with E-state index in [0.717, 1.165) is 10.5 Å². The number of hydrogen-bond donors (Lipinski definition) is 0. The summed E-state index contributed by atoms with van der Waals surface area (Å²) in [6.07, 6.45) is -8.80. The van der Waals surface area contributed by atoms with Crippen molar-refractivity contribution in [3.8, 4) is 11.1 Å². The Morgan fingerprint density at radius 2 is 1.59 bits per heavy atom. The number of nitrogens with zero attached hydrogens (tertiary/aromatic N) is 4. The second-order valence-electron chi connectivity index (χ2n) is 13.1. The lowest BCUT2D eigenvalue weighted by atomic mass is 9.78. The van der Waals surface area contributed by atoms with Gasteiger partial charge in [0.05, 0.1) is 55.5 Å². The molecule has 1 aromatic heterocycles. The second-order valence-corrected chi connectivity index (χ2v) is 13.5. The molecule has 0 N–H and O–H groups in total. The van der Waals surface area contributed by atoms with E-state index in [4.69, 9.17) is 21.1 Å². The zero-order valence-corrected chi connectivity index (χ0v) is 27.9. The predicted molar refractivity (Wildman–Crippen MR) is 167 cm³/mol. The van der Waals surface area contributed by atoms with Crippen LogP contribution in [0.4, 0.5) is 45.9 Å². The van der Waals surface area contributed by atoms with Gasteiger partial charge in [0.2, 0.25) is 5.95 Å². The third-order valence-electron chi connectivity index (χ3n) is 9.65. The van der Waals surface area contributed by atoms with Crippen molar-refractivity contribution in [2.75, 3.05) is 25.1 Å². The molecule has 3 fully saturated rings. The van der Waals surface area contributed by atoms with Crippen LogP contribution in [0.15, 0.2) is 42.6 Å². The summed E-state index contributed by atoms with van der Waals surface area (Å²) in [4.78, 5) is 36.4. The van der Waals surface area contributed by atoms with Crippen LogP contribution in [0.2, 0.25) is 5.02 Å². The van der Waals surface area contributed by atoms with Gasteiger partial charge in [-0.2, -0.15) is 26.3 Å². The first kappa shape index (κ1) is 36.6. The summed E-state index contributed by atoms with van der Waals surface area (Å²) in [6, 6.07) is 5.25. The Labute approximate surface area is 291 Å². The zero-order chi connectivity index (χ0) is 37.0. The number of anilines is 1. The maximum absolute atomic E-state index is 13.8. The fraction of sp³-hybridized carbons (Fsp3) is 0.471. The van der Waals surface area contributed by atoms with Crippen LogP contribution in [0.25, 0.3) is 11.1 Å². The molecular formula is C34H31ClF8N4O4. The summed E-state index contributed by atoms with van der Waals surface area (Å²) in [7, 11) is 1.34. The van der Waals surface area contributed by atoms with Crippen molar-refractivity contribution in [2.45, 2.75) is 75.5 Å². The summed E-state index contributed by atoms with van der Waals surface area (Å²) in [6.45, 7) is -0.282. The van der Waals surface area contributed by atoms with E-state index in [-0.39, 0.29) is 47.1 Å². The van der Waals surface area contributed by atoms with Gasteiger partial charge in [-0.1, -0.05) is 17.7 Å². The van der Waals surface area contributed by atoms with Crippen LogP contribution in [0.5, 0.6) is 0 Å². The molecule has 274 valence electrons. The third-order valence-corrected chi connectivity index (χ3v) is 9.98. The molecule has 2 aliphatic heterocycles. The molecule has 8 nitrogen and oxygen atoms in total. The number of aromatic nitrogens is 2. The van der Waals surface area contributed by atoms with Crippen LogP contribution in [-0.2, 0) is 33.2 Å². The molecule has 0 unspecified atom stereocenters. The first-order valence-corrected chi connectivity index (χ1v) is 16.4. The molecule has 2 aromatic carbocycles. The molecule has 1 amide bonds. The van der Waals surface area contributed by atoms with Gasteiger partial charge in [0, 0.05) is 22.3 Å². The van der Waals surface area contributed by atoms with Gasteiger partial charge in [-0.3, -0.25) is 9.69 Å². The van der Waals surface area contributed by atoms with Crippen LogP contribution in [0.1, 0.15) is 72.6 Å². The Morgan fingerprint density at radius 3 is 2.16 bits per heavy atom. The molecule has 3 aliphatic rings. The monoisotopic (exact) mass is 746 g/mol. The van der Waals surface area contributed by atoms with Crippen molar-refractivity contribution < 1.29 is 54.2 Å². The Balaban J connectivity index is 1.34. The van der Waals surface area contributed by atoms with E-state index in [2.05, 4.69) is 9.97 Å². The van der Waals surface area contributed by atoms with Gasteiger partial charge in [-0.25, -0.2) is 23.5 Å².